The van der Waals surface area contributed by atoms with Gasteiger partial charge in [0.2, 0.25) is 0 Å². The highest BCUT2D eigenvalue weighted by molar-refractivity contribution is 5.98. The zero-order valence-electron chi connectivity index (χ0n) is 15.0. The minimum absolute atomic E-state index is 0.183. The van der Waals surface area contributed by atoms with E-state index in [1.54, 1.807) is 0 Å². The maximum absolute atomic E-state index is 9.16. The molecule has 0 unspecified atom stereocenters. The molecule has 1 aromatic carbocycles. The van der Waals surface area contributed by atoms with Gasteiger partial charge in [-0.05, 0) is 48.5 Å². The van der Waals surface area contributed by atoms with Crippen LogP contribution in [-0.4, -0.2) is 36.0 Å². The van der Waals surface area contributed by atoms with Crippen LogP contribution in [0.5, 0.6) is 0 Å². The first kappa shape index (κ1) is 17.0. The highest BCUT2D eigenvalue weighted by Gasteiger charge is 2.25. The van der Waals surface area contributed by atoms with Crippen molar-refractivity contribution in [2.24, 2.45) is 4.99 Å². The first-order chi connectivity index (χ1) is 12.8. The number of nitrogen functional groups attached to an aromatic ring is 1. The minimum Gasteiger partial charge on any atom is -0.396 e. The molecule has 5 nitrogen and oxygen atoms in total. The molecular weight excluding hydrogens is 324 g/mol. The largest absolute Gasteiger partial charge is 0.396 e. The molecule has 1 saturated carbocycles. The Labute approximate surface area is 154 Å². The van der Waals surface area contributed by atoms with E-state index in [0.29, 0.717) is 11.7 Å². The van der Waals surface area contributed by atoms with Gasteiger partial charge < -0.3 is 16.2 Å². The first-order valence-electron chi connectivity index (χ1n) is 9.55. The summed E-state index contributed by atoms with van der Waals surface area (Å²) in [7, 11) is 0. The molecule has 2 heterocycles. The summed E-state index contributed by atoms with van der Waals surface area (Å²) >= 11 is 0. The average molecular weight is 350 g/mol. The summed E-state index contributed by atoms with van der Waals surface area (Å²) in [6, 6.07) is 6.41. The van der Waals surface area contributed by atoms with Gasteiger partial charge in [0.15, 0.2) is 0 Å². The van der Waals surface area contributed by atoms with Crippen molar-refractivity contribution in [2.45, 2.75) is 38.0 Å². The van der Waals surface area contributed by atoms with Crippen LogP contribution in [-0.2, 0) is 0 Å². The van der Waals surface area contributed by atoms with E-state index in [2.05, 4.69) is 34.6 Å². The number of allylic oxidation sites excluding steroid dienone is 1. The van der Waals surface area contributed by atoms with Gasteiger partial charge in [0, 0.05) is 30.3 Å². The van der Waals surface area contributed by atoms with Crippen LogP contribution in [0.1, 0.15) is 49.1 Å². The summed E-state index contributed by atoms with van der Waals surface area (Å²) in [5, 5.41) is 13.8. The Morgan fingerprint density at radius 2 is 2.08 bits per heavy atom. The fraction of sp³-hybridized carbons (Fsp3) is 0.429. The van der Waals surface area contributed by atoms with Gasteiger partial charge in [-0.25, -0.2) is 4.98 Å². The van der Waals surface area contributed by atoms with E-state index < -0.39 is 0 Å². The number of aromatic nitrogens is 1. The molecule has 0 amide bonds. The number of hydrogen-bond donors (Lipinski definition) is 3. The van der Waals surface area contributed by atoms with E-state index in [1.165, 1.54) is 36.8 Å². The maximum Gasteiger partial charge on any atom is 0.129 e. The summed E-state index contributed by atoms with van der Waals surface area (Å²) in [6.45, 7) is 1.64. The third-order valence-corrected chi connectivity index (χ3v) is 5.47. The van der Waals surface area contributed by atoms with Crippen LogP contribution in [0.25, 0.3) is 16.5 Å². The standard InChI is InChI=1S/C21H26N4O/c22-21-19(14-4-1-2-5-14)20(24-9-3-11-26)17-7-6-15(12-18(17)25-21)16-8-10-23-13-16/h6-8,10,12,14,26H,1-5,9,11,13H2,(H3,22,24,25). The summed E-state index contributed by atoms with van der Waals surface area (Å²) in [4.78, 5) is 9.04. The van der Waals surface area contributed by atoms with Crippen molar-refractivity contribution in [1.82, 2.24) is 4.98 Å². The molecule has 136 valence electrons. The topological polar surface area (TPSA) is 83.5 Å². The molecule has 26 heavy (non-hydrogen) atoms. The number of aliphatic hydroxyl groups excluding tert-OH is 1. The lowest BCUT2D eigenvalue weighted by atomic mass is 9.93. The number of pyridine rings is 1. The number of aliphatic imine (C=N–C) groups is 1. The number of fused-ring (bicyclic) bond motifs is 1. The van der Waals surface area contributed by atoms with Gasteiger partial charge in [-0.1, -0.05) is 25.0 Å². The van der Waals surface area contributed by atoms with Crippen LogP contribution in [0.4, 0.5) is 11.5 Å². The Balaban J connectivity index is 1.80. The zero-order chi connectivity index (χ0) is 17.9. The van der Waals surface area contributed by atoms with Crippen LogP contribution in [0.15, 0.2) is 29.3 Å². The van der Waals surface area contributed by atoms with Crippen LogP contribution in [0, 0.1) is 0 Å². The lowest BCUT2D eigenvalue weighted by Gasteiger charge is -2.21. The third kappa shape index (κ3) is 3.19. The van der Waals surface area contributed by atoms with Crippen molar-refractivity contribution in [3.05, 3.63) is 35.4 Å². The van der Waals surface area contributed by atoms with Crippen LogP contribution >= 0.6 is 0 Å². The van der Waals surface area contributed by atoms with Crippen molar-refractivity contribution in [1.29, 1.82) is 0 Å². The number of hydrogen-bond acceptors (Lipinski definition) is 5. The predicted molar refractivity (Wildman–Crippen MR) is 109 cm³/mol. The van der Waals surface area contributed by atoms with Gasteiger partial charge in [-0.15, -0.1) is 0 Å². The third-order valence-electron chi connectivity index (χ3n) is 5.47. The van der Waals surface area contributed by atoms with Gasteiger partial charge in [-0.2, -0.15) is 0 Å². The van der Waals surface area contributed by atoms with Crippen molar-refractivity contribution in [3.8, 4) is 0 Å². The number of rotatable bonds is 6. The smallest absolute Gasteiger partial charge is 0.129 e. The maximum atomic E-state index is 9.16. The molecule has 5 heteroatoms. The summed E-state index contributed by atoms with van der Waals surface area (Å²) < 4.78 is 0. The number of nitrogens with zero attached hydrogens (tertiary/aromatic N) is 2. The zero-order valence-corrected chi connectivity index (χ0v) is 15.0. The van der Waals surface area contributed by atoms with Crippen molar-refractivity contribution < 1.29 is 5.11 Å². The minimum atomic E-state index is 0.183. The monoisotopic (exact) mass is 350 g/mol. The van der Waals surface area contributed by atoms with E-state index in [9.17, 15) is 0 Å². The molecule has 0 spiro atoms. The molecule has 4 rings (SSSR count). The van der Waals surface area contributed by atoms with Crippen molar-refractivity contribution in [3.63, 3.8) is 0 Å². The van der Waals surface area contributed by atoms with Crippen molar-refractivity contribution >= 4 is 34.2 Å². The lowest BCUT2D eigenvalue weighted by molar-refractivity contribution is 0.292. The van der Waals surface area contributed by atoms with Gasteiger partial charge in [0.1, 0.15) is 5.82 Å². The summed E-state index contributed by atoms with van der Waals surface area (Å²) in [6.07, 6.45) is 9.49. The van der Waals surface area contributed by atoms with Gasteiger partial charge in [0.25, 0.3) is 0 Å². The lowest BCUT2D eigenvalue weighted by Crippen LogP contribution is -2.11. The van der Waals surface area contributed by atoms with Gasteiger partial charge in [0.05, 0.1) is 17.7 Å². The fourth-order valence-electron chi connectivity index (χ4n) is 4.14. The molecule has 1 aliphatic heterocycles. The molecule has 0 bridgehead atoms. The number of nitrogens with one attached hydrogen (secondary N) is 1. The molecule has 0 atom stereocenters. The molecule has 2 aromatic rings. The first-order valence-corrected chi connectivity index (χ1v) is 9.55. The fourth-order valence-corrected chi connectivity index (χ4v) is 4.14. The van der Waals surface area contributed by atoms with E-state index in [0.717, 1.165) is 41.7 Å². The van der Waals surface area contributed by atoms with Gasteiger partial charge >= 0.3 is 0 Å². The second-order valence-corrected chi connectivity index (χ2v) is 7.18. The van der Waals surface area contributed by atoms with Crippen LogP contribution in [0.3, 0.4) is 0 Å². The molecule has 2 aliphatic rings. The molecule has 0 radical (unpaired) electrons. The number of nitrogens with two attached hydrogens (primary N) is 1. The molecule has 1 aromatic heterocycles. The number of benzene rings is 1. The number of anilines is 2. The second-order valence-electron chi connectivity index (χ2n) is 7.18. The molecule has 1 fully saturated rings. The average Bonchev–Trinajstić information content (AvgIpc) is 3.35. The van der Waals surface area contributed by atoms with Crippen LogP contribution < -0.4 is 11.1 Å². The Morgan fingerprint density at radius 1 is 1.23 bits per heavy atom. The Kier molecular flexibility index (Phi) is 4.89. The van der Waals surface area contributed by atoms with Crippen LogP contribution in [0.2, 0.25) is 0 Å². The second kappa shape index (κ2) is 7.46. The Morgan fingerprint density at radius 3 is 2.81 bits per heavy atom. The van der Waals surface area contributed by atoms with E-state index in [1.807, 2.05) is 6.21 Å². The van der Waals surface area contributed by atoms with E-state index in [4.69, 9.17) is 15.8 Å². The Hall–Kier alpha value is -2.40. The number of aliphatic hydroxyl groups is 1. The molecule has 4 N–H and O–H groups in total. The molecule has 0 saturated heterocycles. The van der Waals surface area contributed by atoms with E-state index >= 15 is 0 Å². The summed E-state index contributed by atoms with van der Waals surface area (Å²) in [5.41, 5.74) is 12.0. The normalized spacial score (nSPS) is 17.2. The SMILES string of the molecule is Nc1nc2cc(C3=CC=NC3)ccc2c(NCCCO)c1C1CCCC1. The molecule has 1 aliphatic carbocycles. The Bertz CT molecular complexity index is 866. The van der Waals surface area contributed by atoms with E-state index in [-0.39, 0.29) is 6.61 Å². The highest BCUT2D eigenvalue weighted by Crippen LogP contribution is 2.43. The summed E-state index contributed by atoms with van der Waals surface area (Å²) in [5.74, 6) is 1.12. The predicted octanol–water partition coefficient (Wildman–Crippen LogP) is 3.74. The van der Waals surface area contributed by atoms with Gasteiger partial charge in [-0.3, -0.25) is 4.99 Å². The molecular formula is C21H26N4O. The van der Waals surface area contributed by atoms with Crippen molar-refractivity contribution in [2.75, 3.05) is 30.7 Å². The quantitative estimate of drug-likeness (QED) is 0.693. The highest BCUT2D eigenvalue weighted by atomic mass is 16.3.